The molecule has 2 rings (SSSR count). The van der Waals surface area contributed by atoms with Gasteiger partial charge in [-0.25, -0.2) is 4.98 Å². The van der Waals surface area contributed by atoms with Crippen LogP contribution in [0.5, 0.6) is 0 Å². The van der Waals surface area contributed by atoms with Crippen molar-refractivity contribution in [1.29, 1.82) is 0 Å². The van der Waals surface area contributed by atoms with Crippen LogP contribution < -0.4 is 4.90 Å². The number of aliphatic hydroxyl groups is 1. The fourth-order valence-electron chi connectivity index (χ4n) is 2.67. The maximum absolute atomic E-state index is 13.0. The Bertz CT molecular complexity index is 455. The highest BCUT2D eigenvalue weighted by Crippen LogP contribution is 2.35. The largest absolute Gasteiger partial charge is 0.419 e. The van der Waals surface area contributed by atoms with Gasteiger partial charge in [-0.1, -0.05) is 6.92 Å². The highest BCUT2D eigenvalue weighted by atomic mass is 19.4. The maximum atomic E-state index is 13.0. The van der Waals surface area contributed by atoms with E-state index in [1.807, 2.05) is 6.92 Å². The van der Waals surface area contributed by atoms with Crippen LogP contribution in [0, 0.1) is 0 Å². The van der Waals surface area contributed by atoms with Crippen molar-refractivity contribution in [2.45, 2.75) is 25.6 Å². The molecule has 1 aromatic heterocycles. The third-order valence-corrected chi connectivity index (χ3v) is 3.90. The van der Waals surface area contributed by atoms with Gasteiger partial charge in [0.1, 0.15) is 5.82 Å². The Kier molecular flexibility index (Phi) is 5.05. The maximum Gasteiger partial charge on any atom is 0.419 e. The van der Waals surface area contributed by atoms with E-state index in [0.29, 0.717) is 26.2 Å². The number of pyridine rings is 1. The Morgan fingerprint density at radius 3 is 2.48 bits per heavy atom. The second-order valence-electron chi connectivity index (χ2n) is 5.14. The van der Waals surface area contributed by atoms with Gasteiger partial charge < -0.3 is 10.0 Å². The monoisotopic (exact) mass is 303 g/mol. The van der Waals surface area contributed by atoms with Gasteiger partial charge in [0.25, 0.3) is 0 Å². The molecule has 1 aromatic rings. The van der Waals surface area contributed by atoms with E-state index in [0.717, 1.165) is 12.5 Å². The van der Waals surface area contributed by atoms with Gasteiger partial charge in [0.15, 0.2) is 0 Å². The molecule has 0 amide bonds. The molecule has 0 bridgehead atoms. The van der Waals surface area contributed by atoms with Crippen molar-refractivity contribution in [3.8, 4) is 0 Å². The lowest BCUT2D eigenvalue weighted by molar-refractivity contribution is -0.137. The van der Waals surface area contributed by atoms with Crippen LogP contribution in [0.25, 0.3) is 0 Å². The third-order valence-electron chi connectivity index (χ3n) is 3.90. The van der Waals surface area contributed by atoms with Crippen LogP contribution in [0.3, 0.4) is 0 Å². The first kappa shape index (κ1) is 16.0. The van der Waals surface area contributed by atoms with Crippen molar-refractivity contribution in [3.63, 3.8) is 0 Å². The summed E-state index contributed by atoms with van der Waals surface area (Å²) in [6, 6.07) is 2.46. The topological polar surface area (TPSA) is 39.6 Å². The van der Waals surface area contributed by atoms with Crippen molar-refractivity contribution in [1.82, 2.24) is 9.88 Å². The van der Waals surface area contributed by atoms with Gasteiger partial charge in [-0.05, 0) is 18.6 Å². The number of alkyl halides is 3. The molecule has 1 aliphatic rings. The van der Waals surface area contributed by atoms with Gasteiger partial charge >= 0.3 is 6.18 Å². The van der Waals surface area contributed by atoms with Crippen LogP contribution in [0.4, 0.5) is 19.0 Å². The average Bonchev–Trinajstić information content (AvgIpc) is 2.48. The summed E-state index contributed by atoms with van der Waals surface area (Å²) in [5.74, 6) is 0.00157. The number of aliphatic hydroxyl groups excluding tert-OH is 1. The summed E-state index contributed by atoms with van der Waals surface area (Å²) in [5, 5.41) is 9.30. The molecule has 1 saturated heterocycles. The summed E-state index contributed by atoms with van der Waals surface area (Å²) in [6.07, 6.45) is -2.18. The van der Waals surface area contributed by atoms with Crippen LogP contribution in [0.2, 0.25) is 0 Å². The smallest absolute Gasteiger partial charge is 0.395 e. The van der Waals surface area contributed by atoms with Gasteiger partial charge in [-0.15, -0.1) is 0 Å². The van der Waals surface area contributed by atoms with Gasteiger partial charge in [0.05, 0.1) is 12.2 Å². The molecule has 7 heteroatoms. The molecule has 4 nitrogen and oxygen atoms in total. The first-order chi connectivity index (χ1) is 9.97. The number of nitrogens with zero attached hydrogens (tertiary/aromatic N) is 3. The van der Waals surface area contributed by atoms with Crippen molar-refractivity contribution in [2.75, 3.05) is 37.7 Å². The Labute approximate surface area is 122 Å². The quantitative estimate of drug-likeness (QED) is 0.923. The van der Waals surface area contributed by atoms with E-state index >= 15 is 0 Å². The molecular formula is C14H20F3N3O. The van der Waals surface area contributed by atoms with E-state index in [-0.39, 0.29) is 18.5 Å². The standard InChI is InChI=1S/C14H20F3N3O/c1-2-11(10-21)19-6-8-20(9-7-19)13-12(14(15,16)17)4-3-5-18-13/h3-5,11,21H,2,6-10H2,1H3. The third kappa shape index (κ3) is 3.65. The van der Waals surface area contributed by atoms with Crippen LogP contribution in [0.1, 0.15) is 18.9 Å². The van der Waals surface area contributed by atoms with Gasteiger partial charge in [-0.2, -0.15) is 13.2 Å². The summed E-state index contributed by atoms with van der Waals surface area (Å²) >= 11 is 0. The number of piperazine rings is 1. The average molecular weight is 303 g/mol. The molecule has 0 aliphatic carbocycles. The minimum absolute atomic E-state index is 0.00157. The number of halogens is 3. The van der Waals surface area contributed by atoms with Gasteiger partial charge in [-0.3, -0.25) is 4.90 Å². The number of hydrogen-bond acceptors (Lipinski definition) is 4. The van der Waals surface area contributed by atoms with Crippen molar-refractivity contribution >= 4 is 5.82 Å². The summed E-state index contributed by atoms with van der Waals surface area (Å²) in [7, 11) is 0. The summed E-state index contributed by atoms with van der Waals surface area (Å²) < 4.78 is 39.0. The molecule has 1 unspecified atom stereocenters. The zero-order valence-corrected chi connectivity index (χ0v) is 12.0. The second-order valence-corrected chi connectivity index (χ2v) is 5.14. The molecule has 1 aliphatic heterocycles. The molecule has 1 fully saturated rings. The molecule has 1 atom stereocenters. The summed E-state index contributed by atoms with van der Waals surface area (Å²) in [5.41, 5.74) is -0.687. The number of anilines is 1. The predicted molar refractivity (Wildman–Crippen MR) is 74.2 cm³/mol. The fourth-order valence-corrected chi connectivity index (χ4v) is 2.67. The highest BCUT2D eigenvalue weighted by Gasteiger charge is 2.36. The second kappa shape index (κ2) is 6.62. The highest BCUT2D eigenvalue weighted by molar-refractivity contribution is 5.48. The zero-order chi connectivity index (χ0) is 15.5. The molecule has 0 spiro atoms. The van der Waals surface area contributed by atoms with E-state index in [4.69, 9.17) is 0 Å². The van der Waals surface area contributed by atoms with Crippen LogP contribution in [-0.4, -0.2) is 53.8 Å². The Morgan fingerprint density at radius 1 is 1.29 bits per heavy atom. The summed E-state index contributed by atoms with van der Waals surface area (Å²) in [6.45, 7) is 4.30. The van der Waals surface area contributed by atoms with Crippen molar-refractivity contribution in [2.24, 2.45) is 0 Å². The normalized spacial score (nSPS) is 18.8. The van der Waals surface area contributed by atoms with Gasteiger partial charge in [0, 0.05) is 38.4 Å². The Balaban J connectivity index is 2.10. The molecule has 0 saturated carbocycles. The SMILES string of the molecule is CCC(CO)N1CCN(c2ncccc2C(F)(F)F)CC1. The molecule has 118 valence electrons. The molecule has 1 N–H and O–H groups in total. The zero-order valence-electron chi connectivity index (χ0n) is 12.0. The Hall–Kier alpha value is -1.34. The fraction of sp³-hybridized carbons (Fsp3) is 0.643. The lowest BCUT2D eigenvalue weighted by Gasteiger charge is -2.39. The number of rotatable bonds is 4. The van der Waals surface area contributed by atoms with E-state index in [1.165, 1.54) is 12.3 Å². The lowest BCUT2D eigenvalue weighted by Crippen LogP contribution is -2.51. The van der Waals surface area contributed by atoms with Crippen LogP contribution in [-0.2, 0) is 6.18 Å². The van der Waals surface area contributed by atoms with E-state index in [1.54, 1.807) is 4.90 Å². The summed E-state index contributed by atoms with van der Waals surface area (Å²) in [4.78, 5) is 7.70. The van der Waals surface area contributed by atoms with Crippen LogP contribution in [0.15, 0.2) is 18.3 Å². The van der Waals surface area contributed by atoms with E-state index in [2.05, 4.69) is 9.88 Å². The number of hydrogen-bond donors (Lipinski definition) is 1. The van der Waals surface area contributed by atoms with Gasteiger partial charge in [0.2, 0.25) is 0 Å². The lowest BCUT2D eigenvalue weighted by atomic mass is 10.1. The first-order valence-corrected chi connectivity index (χ1v) is 7.09. The molecular weight excluding hydrogens is 283 g/mol. The number of aromatic nitrogens is 1. The first-order valence-electron chi connectivity index (χ1n) is 7.09. The predicted octanol–water partition coefficient (Wildman–Crippen LogP) is 1.99. The van der Waals surface area contributed by atoms with E-state index < -0.39 is 11.7 Å². The molecule has 21 heavy (non-hydrogen) atoms. The van der Waals surface area contributed by atoms with Crippen molar-refractivity contribution < 1.29 is 18.3 Å². The van der Waals surface area contributed by atoms with Crippen LogP contribution >= 0.6 is 0 Å². The van der Waals surface area contributed by atoms with E-state index in [9.17, 15) is 18.3 Å². The molecule has 2 heterocycles. The molecule has 0 radical (unpaired) electrons. The Morgan fingerprint density at radius 2 is 1.95 bits per heavy atom. The molecule has 0 aromatic carbocycles. The minimum Gasteiger partial charge on any atom is -0.395 e. The van der Waals surface area contributed by atoms with Crippen molar-refractivity contribution in [3.05, 3.63) is 23.9 Å². The minimum atomic E-state index is -4.39.